The summed E-state index contributed by atoms with van der Waals surface area (Å²) < 4.78 is 0. The first-order valence-electron chi connectivity index (χ1n) is 8.27. The predicted octanol–water partition coefficient (Wildman–Crippen LogP) is 3.07. The summed E-state index contributed by atoms with van der Waals surface area (Å²) in [6, 6.07) is 5.75. The van der Waals surface area contributed by atoms with Crippen molar-refractivity contribution >= 4 is 0 Å². The maximum Gasteiger partial charge on any atom is 0.115 e. The summed E-state index contributed by atoms with van der Waals surface area (Å²) >= 11 is 0. The SMILES string of the molecule is C[C@]12CC[C@@H]3c4ccc(O)cc4[C@H](N)C[C@H]3[C@@H]1CC[C@@H]2O. The van der Waals surface area contributed by atoms with Crippen molar-refractivity contribution in [2.24, 2.45) is 23.0 Å². The molecule has 0 saturated heterocycles. The van der Waals surface area contributed by atoms with Crippen molar-refractivity contribution in [3.8, 4) is 5.75 Å². The molecule has 4 rings (SSSR count). The summed E-state index contributed by atoms with van der Waals surface area (Å²) in [4.78, 5) is 0. The molecule has 1 aromatic rings. The van der Waals surface area contributed by atoms with Crippen LogP contribution in [-0.4, -0.2) is 16.3 Å². The molecule has 1 aromatic carbocycles. The first-order valence-corrected chi connectivity index (χ1v) is 8.27. The predicted molar refractivity (Wildman–Crippen MR) is 82.0 cm³/mol. The zero-order valence-corrected chi connectivity index (χ0v) is 12.6. The van der Waals surface area contributed by atoms with E-state index in [-0.39, 0.29) is 17.6 Å². The number of nitrogens with two attached hydrogens (primary N) is 1. The Morgan fingerprint density at radius 3 is 2.81 bits per heavy atom. The number of hydrogen-bond donors (Lipinski definition) is 3. The third-order valence-corrected chi connectivity index (χ3v) is 6.78. The molecule has 0 heterocycles. The highest BCUT2D eigenvalue weighted by Crippen LogP contribution is 2.61. The Bertz CT molecular complexity index is 572. The molecule has 0 unspecified atom stereocenters. The van der Waals surface area contributed by atoms with Crippen LogP contribution in [0.15, 0.2) is 18.2 Å². The van der Waals surface area contributed by atoms with Crippen LogP contribution in [0.25, 0.3) is 0 Å². The van der Waals surface area contributed by atoms with Crippen molar-refractivity contribution in [2.75, 3.05) is 0 Å². The molecule has 2 fully saturated rings. The lowest BCUT2D eigenvalue weighted by molar-refractivity contribution is -0.0248. The maximum atomic E-state index is 10.4. The molecule has 0 bridgehead atoms. The highest BCUT2D eigenvalue weighted by molar-refractivity contribution is 5.42. The maximum absolute atomic E-state index is 10.4. The van der Waals surface area contributed by atoms with Crippen molar-refractivity contribution in [3.05, 3.63) is 29.3 Å². The molecule has 0 aliphatic heterocycles. The molecule has 3 aliphatic rings. The largest absolute Gasteiger partial charge is 0.508 e. The van der Waals surface area contributed by atoms with Gasteiger partial charge in [0.1, 0.15) is 5.75 Å². The monoisotopic (exact) mass is 287 g/mol. The molecule has 3 heteroatoms. The van der Waals surface area contributed by atoms with Crippen LogP contribution in [0.3, 0.4) is 0 Å². The van der Waals surface area contributed by atoms with E-state index in [4.69, 9.17) is 5.73 Å². The summed E-state index contributed by atoms with van der Waals surface area (Å²) in [5.41, 5.74) is 8.99. The summed E-state index contributed by atoms with van der Waals surface area (Å²) in [6.45, 7) is 2.28. The molecule has 2 saturated carbocycles. The van der Waals surface area contributed by atoms with Crippen LogP contribution in [0.5, 0.6) is 5.75 Å². The Kier molecular flexibility index (Phi) is 2.89. The molecule has 3 aliphatic carbocycles. The number of phenolic OH excluding ortho intramolecular Hbond substituents is 1. The highest BCUT2D eigenvalue weighted by Gasteiger charge is 2.55. The normalized spacial score (nSPS) is 44.8. The molecule has 0 spiro atoms. The number of aromatic hydroxyl groups is 1. The molecule has 3 nitrogen and oxygen atoms in total. The zero-order valence-electron chi connectivity index (χ0n) is 12.6. The topological polar surface area (TPSA) is 66.5 Å². The molecular weight excluding hydrogens is 262 g/mol. The van der Waals surface area contributed by atoms with Crippen LogP contribution in [0.2, 0.25) is 0 Å². The summed E-state index contributed by atoms with van der Waals surface area (Å²) in [6.07, 6.45) is 5.19. The summed E-state index contributed by atoms with van der Waals surface area (Å²) in [5.74, 6) is 2.07. The van der Waals surface area contributed by atoms with Crippen LogP contribution < -0.4 is 5.73 Å². The van der Waals surface area contributed by atoms with Gasteiger partial charge in [0.05, 0.1) is 6.10 Å². The van der Waals surface area contributed by atoms with E-state index in [2.05, 4.69) is 13.0 Å². The van der Waals surface area contributed by atoms with Gasteiger partial charge in [-0.15, -0.1) is 0 Å². The lowest BCUT2D eigenvalue weighted by Crippen LogP contribution is -2.45. The average molecular weight is 287 g/mol. The van der Waals surface area contributed by atoms with E-state index >= 15 is 0 Å². The molecule has 114 valence electrons. The molecule has 0 radical (unpaired) electrons. The molecule has 21 heavy (non-hydrogen) atoms. The number of hydrogen-bond acceptors (Lipinski definition) is 3. The minimum Gasteiger partial charge on any atom is -0.508 e. The van der Waals surface area contributed by atoms with E-state index in [0.717, 1.165) is 37.7 Å². The molecule has 0 aromatic heterocycles. The summed E-state index contributed by atoms with van der Waals surface area (Å²) in [5, 5.41) is 20.1. The van der Waals surface area contributed by atoms with Gasteiger partial charge in [-0.05, 0) is 78.5 Å². The van der Waals surface area contributed by atoms with Crippen LogP contribution >= 0.6 is 0 Å². The summed E-state index contributed by atoms with van der Waals surface area (Å²) in [7, 11) is 0. The Hall–Kier alpha value is -1.06. The minimum atomic E-state index is -0.138. The second-order valence-electron chi connectivity index (χ2n) is 7.67. The lowest BCUT2D eigenvalue weighted by atomic mass is 9.55. The van der Waals surface area contributed by atoms with E-state index in [1.807, 2.05) is 6.07 Å². The number of aliphatic hydroxyl groups is 1. The fourth-order valence-electron chi connectivity index (χ4n) is 5.62. The number of rotatable bonds is 0. The fraction of sp³-hybridized carbons (Fsp3) is 0.667. The Labute approximate surface area is 126 Å². The highest BCUT2D eigenvalue weighted by atomic mass is 16.3. The fourth-order valence-corrected chi connectivity index (χ4v) is 5.62. The van der Waals surface area contributed by atoms with E-state index in [1.54, 1.807) is 6.07 Å². The Balaban J connectivity index is 1.75. The van der Waals surface area contributed by atoms with Crippen molar-refractivity contribution in [1.82, 2.24) is 0 Å². The number of aliphatic hydroxyl groups excluding tert-OH is 1. The van der Waals surface area contributed by atoms with Crippen LogP contribution in [0, 0.1) is 17.3 Å². The van der Waals surface area contributed by atoms with Crippen LogP contribution in [-0.2, 0) is 0 Å². The van der Waals surface area contributed by atoms with E-state index in [1.165, 1.54) is 5.56 Å². The molecular formula is C18H25NO2. The lowest BCUT2D eigenvalue weighted by Gasteiger charge is -2.51. The van der Waals surface area contributed by atoms with Crippen molar-refractivity contribution in [2.45, 2.75) is 57.1 Å². The van der Waals surface area contributed by atoms with Crippen molar-refractivity contribution in [3.63, 3.8) is 0 Å². The number of phenols is 1. The second kappa shape index (κ2) is 4.47. The minimum absolute atomic E-state index is 0.0217. The first-order chi connectivity index (χ1) is 10.0. The van der Waals surface area contributed by atoms with Crippen LogP contribution in [0.4, 0.5) is 0 Å². The standard InChI is InChI=1S/C18H25NO2/c1-18-7-6-12-11-3-2-10(20)8-14(11)16(19)9-13(12)15(18)4-5-17(18)21/h2-3,8,12-13,15-17,20-21H,4-7,9,19H2,1H3/t12-,13-,15+,16-,17+,18+/m1/s1. The average Bonchev–Trinajstić information content (AvgIpc) is 2.76. The zero-order chi connectivity index (χ0) is 14.8. The molecule has 6 atom stereocenters. The van der Waals surface area contributed by atoms with Gasteiger partial charge >= 0.3 is 0 Å². The third-order valence-electron chi connectivity index (χ3n) is 6.78. The second-order valence-corrected chi connectivity index (χ2v) is 7.67. The van der Waals surface area contributed by atoms with E-state index < -0.39 is 0 Å². The Morgan fingerprint density at radius 2 is 2.00 bits per heavy atom. The van der Waals surface area contributed by atoms with Crippen LogP contribution in [0.1, 0.15) is 62.1 Å². The van der Waals surface area contributed by atoms with Gasteiger partial charge in [0.15, 0.2) is 0 Å². The quantitative estimate of drug-likeness (QED) is 0.687. The molecule has 4 N–H and O–H groups in total. The first kappa shape index (κ1) is 13.6. The van der Waals surface area contributed by atoms with Gasteiger partial charge in [0.25, 0.3) is 0 Å². The van der Waals surface area contributed by atoms with Gasteiger partial charge in [-0.1, -0.05) is 13.0 Å². The van der Waals surface area contributed by atoms with E-state index in [9.17, 15) is 10.2 Å². The number of benzene rings is 1. The van der Waals surface area contributed by atoms with Gasteiger partial charge in [-0.25, -0.2) is 0 Å². The molecule has 0 amide bonds. The van der Waals surface area contributed by atoms with Crippen molar-refractivity contribution < 1.29 is 10.2 Å². The number of fused-ring (bicyclic) bond motifs is 5. The van der Waals surface area contributed by atoms with Gasteiger partial charge in [0.2, 0.25) is 0 Å². The van der Waals surface area contributed by atoms with Gasteiger partial charge < -0.3 is 15.9 Å². The van der Waals surface area contributed by atoms with E-state index in [0.29, 0.717) is 23.5 Å². The smallest absolute Gasteiger partial charge is 0.115 e. The van der Waals surface area contributed by atoms with Gasteiger partial charge in [-0.3, -0.25) is 0 Å². The van der Waals surface area contributed by atoms with Crippen molar-refractivity contribution in [1.29, 1.82) is 0 Å². The van der Waals surface area contributed by atoms with Gasteiger partial charge in [-0.2, -0.15) is 0 Å². The third kappa shape index (κ3) is 1.80. The Morgan fingerprint density at radius 1 is 1.19 bits per heavy atom. The van der Waals surface area contributed by atoms with Gasteiger partial charge in [0, 0.05) is 6.04 Å².